The topological polar surface area (TPSA) is 23.6 Å². The van der Waals surface area contributed by atoms with Crippen molar-refractivity contribution >= 4 is 29.0 Å². The number of likely N-dealkylation sites (N-methyl/N-ethyl adjacent to an activating group) is 1. The summed E-state index contributed by atoms with van der Waals surface area (Å²) in [5, 5.41) is 0.976. The minimum Gasteiger partial charge on any atom is -0.301 e. The number of Topliss-reactive ketones (excluding diaryl/α,β-unsaturated/α-hetero) is 1. The van der Waals surface area contributed by atoms with E-state index >= 15 is 0 Å². The van der Waals surface area contributed by atoms with Crippen LogP contribution in [0.3, 0.4) is 0 Å². The third-order valence-corrected chi connectivity index (χ3v) is 4.66. The van der Waals surface area contributed by atoms with E-state index in [1.165, 1.54) is 0 Å². The molecule has 0 bridgehead atoms. The zero-order chi connectivity index (χ0) is 14.9. The Bertz CT molecular complexity index is 507. The summed E-state index contributed by atoms with van der Waals surface area (Å²) in [6, 6.07) is 5.34. The van der Waals surface area contributed by atoms with Gasteiger partial charge in [-0.15, -0.1) is 0 Å². The van der Waals surface area contributed by atoms with Crippen molar-refractivity contribution in [2.45, 2.75) is 25.9 Å². The first-order valence-corrected chi connectivity index (χ1v) is 7.59. The van der Waals surface area contributed by atoms with Gasteiger partial charge in [0.1, 0.15) is 0 Å². The molecule has 1 heterocycles. The molecule has 1 saturated heterocycles. The molecule has 0 aliphatic carbocycles. The molecule has 1 aliphatic rings. The van der Waals surface area contributed by atoms with Gasteiger partial charge in [-0.1, -0.05) is 23.2 Å². The SMILES string of the molecule is CC1CN(C(C)C(=O)c2ccc(Cl)cc2Cl)CCN1C. The van der Waals surface area contributed by atoms with E-state index in [0.717, 1.165) is 19.6 Å². The molecule has 2 unspecified atom stereocenters. The van der Waals surface area contributed by atoms with Crippen molar-refractivity contribution in [2.75, 3.05) is 26.7 Å². The fourth-order valence-corrected chi connectivity index (χ4v) is 3.01. The van der Waals surface area contributed by atoms with Crippen molar-refractivity contribution in [3.05, 3.63) is 33.8 Å². The number of nitrogens with zero attached hydrogens (tertiary/aromatic N) is 2. The molecule has 1 aromatic carbocycles. The Morgan fingerprint density at radius 2 is 2.05 bits per heavy atom. The largest absolute Gasteiger partial charge is 0.301 e. The fourth-order valence-electron chi connectivity index (χ4n) is 2.51. The Hall–Kier alpha value is -0.610. The van der Waals surface area contributed by atoms with E-state index in [9.17, 15) is 4.79 Å². The molecule has 3 nitrogen and oxygen atoms in total. The van der Waals surface area contributed by atoms with E-state index in [0.29, 0.717) is 21.7 Å². The summed E-state index contributed by atoms with van der Waals surface area (Å²) in [5.74, 6) is 0.0587. The Labute approximate surface area is 130 Å². The smallest absolute Gasteiger partial charge is 0.181 e. The van der Waals surface area contributed by atoms with Crippen LogP contribution >= 0.6 is 23.2 Å². The van der Waals surface area contributed by atoms with Gasteiger partial charge in [0.25, 0.3) is 0 Å². The van der Waals surface area contributed by atoms with Gasteiger partial charge in [0, 0.05) is 36.3 Å². The second kappa shape index (κ2) is 6.44. The van der Waals surface area contributed by atoms with Gasteiger partial charge in [-0.05, 0) is 39.1 Å². The number of benzene rings is 1. The number of rotatable bonds is 3. The number of piperazine rings is 1. The molecule has 1 fully saturated rings. The molecule has 2 rings (SSSR count). The van der Waals surface area contributed by atoms with Gasteiger partial charge in [0.2, 0.25) is 0 Å². The predicted molar refractivity (Wildman–Crippen MR) is 83.9 cm³/mol. The van der Waals surface area contributed by atoms with E-state index in [1.54, 1.807) is 18.2 Å². The Kier molecular flexibility index (Phi) is 5.08. The maximum Gasteiger partial charge on any atom is 0.181 e. The van der Waals surface area contributed by atoms with Gasteiger partial charge in [0.15, 0.2) is 5.78 Å². The first-order chi connectivity index (χ1) is 9.40. The van der Waals surface area contributed by atoms with E-state index < -0.39 is 0 Å². The standard InChI is InChI=1S/C15H20Cl2N2O/c1-10-9-19(7-6-18(10)3)11(2)15(20)13-5-4-12(16)8-14(13)17/h4-5,8,10-11H,6-7,9H2,1-3H3. The van der Waals surface area contributed by atoms with E-state index in [4.69, 9.17) is 23.2 Å². The van der Waals surface area contributed by atoms with Crippen LogP contribution in [0.1, 0.15) is 24.2 Å². The molecule has 5 heteroatoms. The third-order valence-electron chi connectivity index (χ3n) is 4.11. The van der Waals surface area contributed by atoms with E-state index in [2.05, 4.69) is 23.8 Å². The summed E-state index contributed by atoms with van der Waals surface area (Å²) in [7, 11) is 2.12. The van der Waals surface area contributed by atoms with Crippen molar-refractivity contribution in [3.63, 3.8) is 0 Å². The molecule has 20 heavy (non-hydrogen) atoms. The van der Waals surface area contributed by atoms with Crippen LogP contribution in [0.2, 0.25) is 10.0 Å². The van der Waals surface area contributed by atoms with Crippen molar-refractivity contribution in [1.82, 2.24) is 9.80 Å². The molecular formula is C15H20Cl2N2O. The van der Waals surface area contributed by atoms with Gasteiger partial charge in [0.05, 0.1) is 11.1 Å². The molecule has 0 aromatic heterocycles. The first-order valence-electron chi connectivity index (χ1n) is 6.83. The molecule has 1 aliphatic heterocycles. The van der Waals surface area contributed by atoms with Crippen LogP contribution in [-0.2, 0) is 0 Å². The van der Waals surface area contributed by atoms with Gasteiger partial charge in [-0.2, -0.15) is 0 Å². The van der Waals surface area contributed by atoms with Crippen LogP contribution in [0.4, 0.5) is 0 Å². The van der Waals surface area contributed by atoms with Crippen LogP contribution in [0.25, 0.3) is 0 Å². The maximum absolute atomic E-state index is 12.6. The summed E-state index contributed by atoms with van der Waals surface area (Å²) in [5.41, 5.74) is 0.551. The lowest BCUT2D eigenvalue weighted by atomic mass is 10.0. The minimum atomic E-state index is -0.162. The van der Waals surface area contributed by atoms with Gasteiger partial charge >= 0.3 is 0 Å². The van der Waals surface area contributed by atoms with Crippen molar-refractivity contribution in [2.24, 2.45) is 0 Å². The summed E-state index contributed by atoms with van der Waals surface area (Å²) in [6.07, 6.45) is 0. The number of carbonyl (C=O) groups is 1. The van der Waals surface area contributed by atoms with Crippen LogP contribution in [0.15, 0.2) is 18.2 Å². The average molecular weight is 315 g/mol. The molecule has 0 spiro atoms. The number of ketones is 1. The highest BCUT2D eigenvalue weighted by atomic mass is 35.5. The molecule has 0 radical (unpaired) electrons. The zero-order valence-electron chi connectivity index (χ0n) is 12.1. The molecule has 0 amide bonds. The first kappa shape index (κ1) is 15.8. The van der Waals surface area contributed by atoms with Crippen LogP contribution in [0, 0.1) is 0 Å². The summed E-state index contributed by atoms with van der Waals surface area (Å²) in [6.45, 7) is 6.91. The highest BCUT2D eigenvalue weighted by molar-refractivity contribution is 6.37. The van der Waals surface area contributed by atoms with E-state index in [-0.39, 0.29) is 11.8 Å². The molecule has 1 aromatic rings. The summed E-state index contributed by atoms with van der Waals surface area (Å²) in [4.78, 5) is 17.1. The predicted octanol–water partition coefficient (Wildman–Crippen LogP) is 3.20. The van der Waals surface area contributed by atoms with Gasteiger partial charge < -0.3 is 4.90 Å². The Morgan fingerprint density at radius 1 is 1.35 bits per heavy atom. The lowest BCUT2D eigenvalue weighted by molar-refractivity contribution is 0.0603. The van der Waals surface area contributed by atoms with Crippen LogP contribution < -0.4 is 0 Å². The normalized spacial score (nSPS) is 22.8. The lowest BCUT2D eigenvalue weighted by Gasteiger charge is -2.40. The molecule has 2 atom stereocenters. The quantitative estimate of drug-likeness (QED) is 0.800. The number of hydrogen-bond acceptors (Lipinski definition) is 3. The number of carbonyl (C=O) groups excluding carboxylic acids is 1. The Morgan fingerprint density at radius 3 is 2.65 bits per heavy atom. The molecular weight excluding hydrogens is 295 g/mol. The monoisotopic (exact) mass is 314 g/mol. The van der Waals surface area contributed by atoms with Crippen molar-refractivity contribution in [3.8, 4) is 0 Å². The van der Waals surface area contributed by atoms with Crippen LogP contribution in [0.5, 0.6) is 0 Å². The number of halogens is 2. The fraction of sp³-hybridized carbons (Fsp3) is 0.533. The maximum atomic E-state index is 12.6. The summed E-state index contributed by atoms with van der Waals surface area (Å²) >= 11 is 12.0. The second-order valence-electron chi connectivity index (χ2n) is 5.49. The molecule has 0 saturated carbocycles. The zero-order valence-corrected chi connectivity index (χ0v) is 13.6. The van der Waals surface area contributed by atoms with E-state index in [1.807, 2.05) is 6.92 Å². The Balaban J connectivity index is 2.12. The lowest BCUT2D eigenvalue weighted by Crippen LogP contribution is -2.54. The molecule has 110 valence electrons. The number of hydrogen-bond donors (Lipinski definition) is 0. The summed E-state index contributed by atoms with van der Waals surface area (Å²) < 4.78 is 0. The van der Waals surface area contributed by atoms with Gasteiger partial charge in [-0.25, -0.2) is 0 Å². The van der Waals surface area contributed by atoms with Crippen LogP contribution in [-0.4, -0.2) is 54.3 Å². The second-order valence-corrected chi connectivity index (χ2v) is 6.33. The van der Waals surface area contributed by atoms with Crippen molar-refractivity contribution < 1.29 is 4.79 Å². The highest BCUT2D eigenvalue weighted by Crippen LogP contribution is 2.24. The van der Waals surface area contributed by atoms with Gasteiger partial charge in [-0.3, -0.25) is 9.69 Å². The average Bonchev–Trinajstić information content (AvgIpc) is 2.40. The molecule has 0 N–H and O–H groups in total. The highest BCUT2D eigenvalue weighted by Gasteiger charge is 2.29. The third kappa shape index (κ3) is 3.34. The minimum absolute atomic E-state index is 0.0587. The van der Waals surface area contributed by atoms with Crippen molar-refractivity contribution in [1.29, 1.82) is 0 Å².